The number of hydrogen-bond acceptors (Lipinski definition) is 7. The molecule has 1 aliphatic heterocycles. The summed E-state index contributed by atoms with van der Waals surface area (Å²) in [7, 11) is 0. The summed E-state index contributed by atoms with van der Waals surface area (Å²) in [6.45, 7) is 0.506. The van der Waals surface area contributed by atoms with Crippen LogP contribution in [0.4, 0.5) is 5.82 Å². The van der Waals surface area contributed by atoms with E-state index in [1.54, 1.807) is 0 Å². The van der Waals surface area contributed by atoms with E-state index in [9.17, 15) is 4.55 Å². The van der Waals surface area contributed by atoms with Crippen LogP contribution in [0.5, 0.6) is 0 Å². The summed E-state index contributed by atoms with van der Waals surface area (Å²) in [4.78, 5) is 0. The number of nitrogens with two attached hydrogens (primary N) is 1. The average Bonchev–Trinajstić information content (AvgIpc) is 2.74. The van der Waals surface area contributed by atoms with E-state index in [1.165, 1.54) is 0 Å². The second-order valence-electron chi connectivity index (χ2n) is 3.32. The summed E-state index contributed by atoms with van der Waals surface area (Å²) >= 11 is -0.763. The molecule has 0 bridgehead atoms. The van der Waals surface area contributed by atoms with Gasteiger partial charge in [0.25, 0.3) is 0 Å². The Balaban J connectivity index is 1.96. The van der Waals surface area contributed by atoms with Crippen molar-refractivity contribution in [2.45, 2.75) is 11.7 Å². The van der Waals surface area contributed by atoms with Crippen LogP contribution < -0.4 is 11.1 Å². The van der Waals surface area contributed by atoms with Crippen molar-refractivity contribution < 1.29 is 14.4 Å². The molecule has 0 aliphatic carbocycles. The Morgan fingerprint density at radius 2 is 2.56 bits per heavy atom. The van der Waals surface area contributed by atoms with Crippen LogP contribution in [0.1, 0.15) is 12.1 Å². The molecule has 88 valence electrons. The van der Waals surface area contributed by atoms with Gasteiger partial charge in [0, 0.05) is 6.42 Å². The second-order valence-corrected chi connectivity index (χ2v) is 5.16. The fourth-order valence-corrected chi connectivity index (χ4v) is 2.34. The van der Waals surface area contributed by atoms with Crippen molar-refractivity contribution in [2.75, 3.05) is 17.6 Å². The summed E-state index contributed by atoms with van der Waals surface area (Å²) in [5.41, 5.74) is 5.50. The number of aromatic nitrogens is 2. The number of rotatable bonds is 4. The van der Waals surface area contributed by atoms with Crippen molar-refractivity contribution in [3.63, 3.8) is 0 Å². The van der Waals surface area contributed by atoms with Crippen molar-refractivity contribution in [3.8, 4) is 0 Å². The predicted octanol–water partition coefficient (Wildman–Crippen LogP) is -0.903. The Morgan fingerprint density at radius 3 is 3.12 bits per heavy atom. The number of nitrogens with zero attached hydrogens (tertiary/aromatic N) is 3. The first-order valence-electron chi connectivity index (χ1n) is 4.64. The van der Waals surface area contributed by atoms with E-state index in [0.29, 0.717) is 12.4 Å². The van der Waals surface area contributed by atoms with Gasteiger partial charge in [-0.2, -0.15) is 0 Å². The van der Waals surface area contributed by atoms with E-state index in [2.05, 4.69) is 25.4 Å². The normalized spacial score (nSPS) is 25.2. The van der Waals surface area contributed by atoms with Gasteiger partial charge in [0.2, 0.25) is 5.82 Å². The highest BCUT2D eigenvalue weighted by atomic mass is 32.2. The van der Waals surface area contributed by atoms with Gasteiger partial charge in [-0.15, -0.1) is 0 Å². The minimum atomic E-state index is -0.763. The van der Waals surface area contributed by atoms with Crippen LogP contribution in [-0.4, -0.2) is 43.5 Å². The van der Waals surface area contributed by atoms with Crippen LogP contribution in [0.2, 0.25) is 0 Å². The fraction of sp³-hybridized carbons (Fsp3) is 0.571. The molecular weight excluding hydrogens is 234 g/mol. The number of amidine groups is 1. The van der Waals surface area contributed by atoms with Crippen molar-refractivity contribution in [3.05, 3.63) is 5.69 Å². The molecule has 16 heavy (non-hydrogen) atoms. The SMILES string of the molecule is N/C(=N\O)c1nonc1NCC1CC[S+]1[O-]. The van der Waals surface area contributed by atoms with Crippen LogP contribution in [-0.2, 0) is 11.2 Å². The molecule has 0 radical (unpaired) electrons. The Kier molecular flexibility index (Phi) is 3.15. The standard InChI is InChI=1S/C7H11N5O3S/c8-6(10-13)5-7(12-15-11-5)9-3-4-1-2-16(4)14/h4,13H,1-3H2,(H2,8,10)(H,9,12). The first kappa shape index (κ1) is 11.0. The third-order valence-electron chi connectivity index (χ3n) is 2.35. The highest BCUT2D eigenvalue weighted by Gasteiger charge is 2.33. The molecule has 0 amide bonds. The zero-order chi connectivity index (χ0) is 11.5. The van der Waals surface area contributed by atoms with Crippen LogP contribution >= 0.6 is 0 Å². The van der Waals surface area contributed by atoms with Crippen LogP contribution in [0.15, 0.2) is 9.78 Å². The second kappa shape index (κ2) is 4.58. The highest BCUT2D eigenvalue weighted by molar-refractivity contribution is 7.93. The molecule has 4 N–H and O–H groups in total. The molecule has 0 aromatic carbocycles. The lowest BCUT2D eigenvalue weighted by atomic mass is 10.3. The maximum atomic E-state index is 11.2. The summed E-state index contributed by atoms with van der Waals surface area (Å²) < 4.78 is 15.7. The number of nitrogens with one attached hydrogen (secondary N) is 1. The van der Waals surface area contributed by atoms with Crippen LogP contribution in [0.3, 0.4) is 0 Å². The molecular formula is C7H11N5O3S. The molecule has 2 heterocycles. The Morgan fingerprint density at radius 1 is 1.75 bits per heavy atom. The van der Waals surface area contributed by atoms with Gasteiger partial charge in [-0.05, 0) is 21.5 Å². The maximum Gasteiger partial charge on any atom is 0.202 e. The average molecular weight is 245 g/mol. The highest BCUT2D eigenvalue weighted by Crippen LogP contribution is 2.21. The third-order valence-corrected chi connectivity index (χ3v) is 4.13. The van der Waals surface area contributed by atoms with Gasteiger partial charge < -0.3 is 20.8 Å². The maximum absolute atomic E-state index is 11.2. The minimum absolute atomic E-state index is 0.122. The van der Waals surface area contributed by atoms with E-state index in [4.69, 9.17) is 10.9 Å². The molecule has 0 saturated carbocycles. The monoisotopic (exact) mass is 245 g/mol. The molecule has 9 heteroatoms. The lowest BCUT2D eigenvalue weighted by Gasteiger charge is -2.29. The Hall–Kier alpha value is -1.48. The molecule has 2 unspecified atom stereocenters. The van der Waals surface area contributed by atoms with E-state index < -0.39 is 11.2 Å². The van der Waals surface area contributed by atoms with Crippen molar-refractivity contribution in [2.24, 2.45) is 10.9 Å². The molecule has 2 atom stereocenters. The summed E-state index contributed by atoms with van der Waals surface area (Å²) in [5.74, 6) is 0.855. The number of hydrogen-bond donors (Lipinski definition) is 3. The topological polar surface area (TPSA) is 133 Å². The Labute approximate surface area is 94.0 Å². The lowest BCUT2D eigenvalue weighted by molar-refractivity contribution is 0.304. The van der Waals surface area contributed by atoms with Crippen molar-refractivity contribution in [1.82, 2.24) is 10.3 Å². The quantitative estimate of drug-likeness (QED) is 0.206. The van der Waals surface area contributed by atoms with Crippen molar-refractivity contribution >= 4 is 22.8 Å². The molecule has 2 rings (SSSR count). The van der Waals surface area contributed by atoms with Gasteiger partial charge in [-0.3, -0.25) is 0 Å². The summed E-state index contributed by atoms with van der Waals surface area (Å²) in [5, 5.41) is 21.4. The van der Waals surface area contributed by atoms with Gasteiger partial charge >= 0.3 is 0 Å². The van der Waals surface area contributed by atoms with E-state index in [-0.39, 0.29) is 16.8 Å². The summed E-state index contributed by atoms with van der Waals surface area (Å²) in [6, 6.07) is 0. The minimum Gasteiger partial charge on any atom is -0.616 e. The first-order chi connectivity index (χ1) is 7.72. The molecule has 1 saturated heterocycles. The molecule has 8 nitrogen and oxygen atoms in total. The van der Waals surface area contributed by atoms with Gasteiger partial charge in [0.15, 0.2) is 11.5 Å². The molecule has 1 fully saturated rings. The Bertz CT molecular complexity index is 395. The van der Waals surface area contributed by atoms with Gasteiger partial charge in [-0.1, -0.05) is 5.16 Å². The van der Waals surface area contributed by atoms with Crippen LogP contribution in [0, 0.1) is 0 Å². The van der Waals surface area contributed by atoms with E-state index in [1.807, 2.05) is 0 Å². The van der Waals surface area contributed by atoms with E-state index >= 15 is 0 Å². The zero-order valence-electron chi connectivity index (χ0n) is 8.29. The van der Waals surface area contributed by atoms with Crippen molar-refractivity contribution in [1.29, 1.82) is 0 Å². The molecule has 1 aliphatic rings. The van der Waals surface area contributed by atoms with Crippen LogP contribution in [0.25, 0.3) is 0 Å². The first-order valence-corrected chi connectivity index (χ1v) is 6.02. The van der Waals surface area contributed by atoms with E-state index in [0.717, 1.165) is 12.2 Å². The molecule has 1 aromatic rings. The lowest BCUT2D eigenvalue weighted by Crippen LogP contribution is -2.41. The number of anilines is 1. The fourth-order valence-electron chi connectivity index (χ4n) is 1.31. The summed E-state index contributed by atoms with van der Waals surface area (Å²) in [6.07, 6.45) is 0.920. The largest absolute Gasteiger partial charge is 0.616 e. The van der Waals surface area contributed by atoms with Gasteiger partial charge in [-0.25, -0.2) is 4.63 Å². The predicted molar refractivity (Wildman–Crippen MR) is 56.7 cm³/mol. The molecule has 0 spiro atoms. The van der Waals surface area contributed by atoms with Gasteiger partial charge in [0.1, 0.15) is 11.0 Å². The molecule has 1 aromatic heterocycles. The number of oxime groups is 1. The van der Waals surface area contributed by atoms with Gasteiger partial charge in [0.05, 0.1) is 6.54 Å². The third kappa shape index (κ3) is 2.04. The smallest absolute Gasteiger partial charge is 0.202 e. The zero-order valence-corrected chi connectivity index (χ0v) is 9.11.